The van der Waals surface area contributed by atoms with Crippen molar-refractivity contribution in [3.8, 4) is 0 Å². The Morgan fingerprint density at radius 1 is 0.344 bits per heavy atom. The fourth-order valence-electron chi connectivity index (χ4n) is 5.38. The molecule has 6 rings (SSSR count). The highest BCUT2D eigenvalue weighted by Gasteiger charge is 2.10. The third kappa shape index (κ3) is 3.18. The van der Waals surface area contributed by atoms with Crippen molar-refractivity contribution >= 4 is 43.6 Å². The largest absolute Gasteiger partial charge is 0.340 e. The first kappa shape index (κ1) is 19.2. The molecule has 0 atom stereocenters. The van der Waals surface area contributed by atoms with Crippen LogP contribution in [0, 0.1) is 0 Å². The van der Waals surface area contributed by atoms with E-state index in [9.17, 15) is 0 Å². The quantitative estimate of drug-likeness (QED) is 0.232. The number of aromatic nitrogens is 2. The van der Waals surface area contributed by atoms with Crippen molar-refractivity contribution in [1.29, 1.82) is 0 Å². The van der Waals surface area contributed by atoms with Gasteiger partial charge in [-0.15, -0.1) is 0 Å². The minimum Gasteiger partial charge on any atom is -0.340 e. The number of fused-ring (bicyclic) bond motifs is 6. The van der Waals surface area contributed by atoms with Gasteiger partial charge in [-0.25, -0.2) is 0 Å². The molecule has 2 aromatic heterocycles. The molecule has 0 N–H and O–H groups in total. The summed E-state index contributed by atoms with van der Waals surface area (Å²) >= 11 is 0. The molecule has 0 fully saturated rings. The topological polar surface area (TPSA) is 9.86 Å². The van der Waals surface area contributed by atoms with Crippen LogP contribution in [0.4, 0.5) is 0 Å². The van der Waals surface area contributed by atoms with Gasteiger partial charge in [-0.05, 0) is 37.1 Å². The minimum atomic E-state index is 1.09. The number of aryl methyl sites for hydroxylation is 2. The average molecular weight is 417 g/mol. The molecule has 0 unspecified atom stereocenters. The molecule has 2 heteroatoms. The number of para-hydroxylation sites is 4. The molecule has 0 saturated carbocycles. The van der Waals surface area contributed by atoms with Gasteiger partial charge >= 0.3 is 0 Å². The molecule has 0 saturated heterocycles. The first-order valence-electron chi connectivity index (χ1n) is 11.8. The average Bonchev–Trinajstić information content (AvgIpc) is 3.35. The van der Waals surface area contributed by atoms with Crippen LogP contribution in [0.25, 0.3) is 43.6 Å². The molecule has 0 aliphatic heterocycles. The van der Waals surface area contributed by atoms with Gasteiger partial charge in [0, 0.05) is 56.7 Å². The molecule has 158 valence electrons. The molecule has 0 aliphatic carbocycles. The highest BCUT2D eigenvalue weighted by Crippen LogP contribution is 2.30. The predicted octanol–water partition coefficient (Wildman–Crippen LogP) is 8.16. The van der Waals surface area contributed by atoms with E-state index in [1.54, 1.807) is 0 Å². The van der Waals surface area contributed by atoms with Crippen molar-refractivity contribution in [2.24, 2.45) is 0 Å². The second-order valence-corrected chi connectivity index (χ2v) is 8.79. The lowest BCUT2D eigenvalue weighted by Crippen LogP contribution is -2.00. The van der Waals surface area contributed by atoms with Crippen LogP contribution < -0.4 is 0 Å². The van der Waals surface area contributed by atoms with Crippen LogP contribution in [0.1, 0.15) is 25.7 Å². The van der Waals surface area contributed by atoms with Gasteiger partial charge in [-0.2, -0.15) is 0 Å². The summed E-state index contributed by atoms with van der Waals surface area (Å²) in [6.07, 6.45) is 4.96. The van der Waals surface area contributed by atoms with Crippen molar-refractivity contribution < 1.29 is 0 Å². The lowest BCUT2D eigenvalue weighted by Gasteiger charge is -2.09. The zero-order valence-corrected chi connectivity index (χ0v) is 18.4. The van der Waals surface area contributed by atoms with Gasteiger partial charge in [0.1, 0.15) is 0 Å². The standard InChI is InChI=1S/C30H28N2/c1(11-21-31-27-17-7-3-13-23(27)24-14-4-8-18-28(24)31)2-12-22-32-29-19-9-5-15-25(29)26-16-6-10-20-30(26)32/h3-10,13-20H,1-2,11-12,21-22H2. The number of hydrogen-bond donors (Lipinski definition) is 0. The lowest BCUT2D eigenvalue weighted by molar-refractivity contribution is 0.559. The van der Waals surface area contributed by atoms with Gasteiger partial charge in [0.15, 0.2) is 0 Å². The Balaban J connectivity index is 1.14. The van der Waals surface area contributed by atoms with Gasteiger partial charge in [0.2, 0.25) is 0 Å². The van der Waals surface area contributed by atoms with E-state index in [0.29, 0.717) is 0 Å². The maximum atomic E-state index is 2.51. The number of rotatable bonds is 7. The third-order valence-electron chi connectivity index (χ3n) is 6.87. The molecule has 0 amide bonds. The Labute approximate surface area is 188 Å². The summed E-state index contributed by atoms with van der Waals surface area (Å²) in [6, 6.07) is 35.3. The Hall–Kier alpha value is -3.52. The smallest absolute Gasteiger partial charge is 0.0491 e. The Morgan fingerprint density at radius 3 is 0.938 bits per heavy atom. The van der Waals surface area contributed by atoms with Crippen molar-refractivity contribution in [1.82, 2.24) is 9.13 Å². The first-order chi connectivity index (χ1) is 15.9. The number of benzene rings is 4. The Morgan fingerprint density at radius 2 is 0.625 bits per heavy atom. The second kappa shape index (κ2) is 8.20. The minimum absolute atomic E-state index is 1.09. The van der Waals surface area contributed by atoms with Gasteiger partial charge in [0.05, 0.1) is 0 Å². The summed E-state index contributed by atoms with van der Waals surface area (Å²) in [4.78, 5) is 0. The summed E-state index contributed by atoms with van der Waals surface area (Å²) in [6.45, 7) is 2.17. The van der Waals surface area contributed by atoms with Gasteiger partial charge in [0.25, 0.3) is 0 Å². The van der Waals surface area contributed by atoms with Crippen LogP contribution in [0.2, 0.25) is 0 Å². The van der Waals surface area contributed by atoms with E-state index in [1.165, 1.54) is 69.3 Å². The van der Waals surface area contributed by atoms with Gasteiger partial charge in [-0.3, -0.25) is 0 Å². The molecule has 2 heterocycles. The first-order valence-corrected chi connectivity index (χ1v) is 11.8. The highest BCUT2D eigenvalue weighted by molar-refractivity contribution is 6.08. The molecule has 0 radical (unpaired) electrons. The molecule has 32 heavy (non-hydrogen) atoms. The number of hydrogen-bond acceptors (Lipinski definition) is 0. The number of unbranched alkanes of at least 4 members (excludes halogenated alkanes) is 3. The van der Waals surface area contributed by atoms with E-state index >= 15 is 0 Å². The second-order valence-electron chi connectivity index (χ2n) is 8.79. The van der Waals surface area contributed by atoms with Crippen LogP contribution in [0.5, 0.6) is 0 Å². The predicted molar refractivity (Wildman–Crippen MR) is 137 cm³/mol. The van der Waals surface area contributed by atoms with Crippen LogP contribution in [0.3, 0.4) is 0 Å². The Kier molecular flexibility index (Phi) is 4.92. The molecular weight excluding hydrogens is 388 g/mol. The van der Waals surface area contributed by atoms with Crippen LogP contribution in [0.15, 0.2) is 97.1 Å². The van der Waals surface area contributed by atoms with Crippen molar-refractivity contribution in [3.05, 3.63) is 97.1 Å². The molecule has 4 aromatic carbocycles. The van der Waals surface area contributed by atoms with E-state index in [4.69, 9.17) is 0 Å². The van der Waals surface area contributed by atoms with E-state index in [-0.39, 0.29) is 0 Å². The summed E-state index contributed by atoms with van der Waals surface area (Å²) in [5, 5.41) is 5.48. The van der Waals surface area contributed by atoms with Crippen molar-refractivity contribution in [2.75, 3.05) is 0 Å². The fraction of sp³-hybridized carbons (Fsp3) is 0.200. The third-order valence-corrected chi connectivity index (χ3v) is 6.87. The van der Waals surface area contributed by atoms with E-state index < -0.39 is 0 Å². The van der Waals surface area contributed by atoms with E-state index in [0.717, 1.165) is 13.1 Å². The van der Waals surface area contributed by atoms with Gasteiger partial charge in [-0.1, -0.05) is 85.6 Å². The monoisotopic (exact) mass is 416 g/mol. The van der Waals surface area contributed by atoms with E-state index in [1.807, 2.05) is 0 Å². The lowest BCUT2D eigenvalue weighted by atomic mass is 10.2. The maximum Gasteiger partial charge on any atom is 0.0491 e. The molecule has 0 aliphatic rings. The molecule has 2 nitrogen and oxygen atoms in total. The molecule has 0 bridgehead atoms. The van der Waals surface area contributed by atoms with Gasteiger partial charge < -0.3 is 9.13 Å². The summed E-state index contributed by atoms with van der Waals surface area (Å²) in [5.41, 5.74) is 5.44. The summed E-state index contributed by atoms with van der Waals surface area (Å²) in [5.74, 6) is 0. The fourth-order valence-corrected chi connectivity index (χ4v) is 5.38. The zero-order valence-electron chi connectivity index (χ0n) is 18.4. The van der Waals surface area contributed by atoms with Crippen LogP contribution >= 0.6 is 0 Å². The molecule has 6 aromatic rings. The summed E-state index contributed by atoms with van der Waals surface area (Å²) < 4.78 is 5.02. The molecule has 0 spiro atoms. The molecular formula is C30H28N2. The van der Waals surface area contributed by atoms with Crippen LogP contribution in [-0.4, -0.2) is 9.13 Å². The Bertz CT molecular complexity index is 1310. The SMILES string of the molecule is c1ccc2c(c1)c1ccccc1n2CCCCCCn1c2ccccc2c2ccccc21. The summed E-state index contributed by atoms with van der Waals surface area (Å²) in [7, 11) is 0. The van der Waals surface area contributed by atoms with E-state index in [2.05, 4.69) is 106 Å². The van der Waals surface area contributed by atoms with Crippen LogP contribution in [-0.2, 0) is 13.1 Å². The highest BCUT2D eigenvalue weighted by atomic mass is 15.0. The maximum absolute atomic E-state index is 2.51. The van der Waals surface area contributed by atoms with Crippen molar-refractivity contribution in [2.45, 2.75) is 38.8 Å². The van der Waals surface area contributed by atoms with Crippen molar-refractivity contribution in [3.63, 3.8) is 0 Å². The normalized spacial score (nSPS) is 11.9. The number of nitrogens with zero attached hydrogens (tertiary/aromatic N) is 2. The zero-order chi connectivity index (χ0) is 21.3.